The highest BCUT2D eigenvalue weighted by Gasteiger charge is 2.27. The third kappa shape index (κ3) is 3.75. The second kappa shape index (κ2) is 7.11. The van der Waals surface area contributed by atoms with Crippen LogP contribution >= 0.6 is 11.6 Å². The lowest BCUT2D eigenvalue weighted by molar-refractivity contribution is 0.0946. The summed E-state index contributed by atoms with van der Waals surface area (Å²) in [6.45, 7) is 2.33. The number of anilines is 1. The maximum Gasteiger partial charge on any atom is 0.263 e. The molecule has 6 nitrogen and oxygen atoms in total. The zero-order chi connectivity index (χ0) is 18.1. The fourth-order valence-electron chi connectivity index (χ4n) is 3.37. The first-order chi connectivity index (χ1) is 12.6. The lowest BCUT2D eigenvalue weighted by atomic mass is 10.1. The normalized spacial score (nSPS) is 19.6. The van der Waals surface area contributed by atoms with E-state index < -0.39 is 0 Å². The number of nitrogens with one attached hydrogen (secondary N) is 2. The average molecular weight is 373 g/mol. The van der Waals surface area contributed by atoms with Crippen LogP contribution in [0.4, 0.5) is 5.69 Å². The Kier molecular flexibility index (Phi) is 4.68. The minimum atomic E-state index is -0.359. The van der Waals surface area contributed by atoms with Crippen molar-refractivity contribution < 1.29 is 4.79 Å². The number of carbonyl (C=O) groups is 1. The fraction of sp³-hybridized carbons (Fsp3) is 0.421. The molecule has 2 aromatic rings. The minimum Gasteiger partial charge on any atom is -0.371 e. The van der Waals surface area contributed by atoms with Gasteiger partial charge in [0, 0.05) is 42.5 Å². The zero-order valence-corrected chi connectivity index (χ0v) is 15.1. The second-order valence-electron chi connectivity index (χ2n) is 7.08. The van der Waals surface area contributed by atoms with Crippen molar-refractivity contribution >= 4 is 23.2 Å². The zero-order valence-electron chi connectivity index (χ0n) is 14.4. The van der Waals surface area contributed by atoms with E-state index in [-0.39, 0.29) is 17.0 Å². The molecule has 2 N–H and O–H groups in total. The van der Waals surface area contributed by atoms with Gasteiger partial charge in [-0.15, -0.1) is 0 Å². The molecule has 136 valence electrons. The van der Waals surface area contributed by atoms with Crippen molar-refractivity contribution in [3.8, 4) is 0 Å². The predicted molar refractivity (Wildman–Crippen MR) is 101 cm³/mol. The first-order valence-electron chi connectivity index (χ1n) is 8.98. The summed E-state index contributed by atoms with van der Waals surface area (Å²) in [5.74, 6) is 1.04. The van der Waals surface area contributed by atoms with Crippen LogP contribution < -0.4 is 15.8 Å². The van der Waals surface area contributed by atoms with E-state index in [1.807, 2.05) is 24.3 Å². The summed E-state index contributed by atoms with van der Waals surface area (Å²) < 4.78 is 0. The highest BCUT2D eigenvalue weighted by Crippen LogP contribution is 2.37. The predicted octanol–water partition coefficient (Wildman–Crippen LogP) is 2.56. The molecule has 0 radical (unpaired) electrons. The van der Waals surface area contributed by atoms with Crippen LogP contribution in [0.2, 0.25) is 5.02 Å². The number of aromatic amines is 1. The van der Waals surface area contributed by atoms with E-state index in [4.69, 9.17) is 11.6 Å². The van der Waals surface area contributed by atoms with E-state index >= 15 is 0 Å². The van der Waals surface area contributed by atoms with Gasteiger partial charge in [0.15, 0.2) is 0 Å². The van der Waals surface area contributed by atoms with E-state index in [9.17, 15) is 9.59 Å². The van der Waals surface area contributed by atoms with Crippen molar-refractivity contribution in [1.29, 1.82) is 0 Å². The number of benzene rings is 1. The molecule has 7 heteroatoms. The lowest BCUT2D eigenvalue weighted by Crippen LogP contribution is -2.34. The maximum absolute atomic E-state index is 12.3. The quantitative estimate of drug-likeness (QED) is 0.845. The van der Waals surface area contributed by atoms with E-state index in [1.165, 1.54) is 6.20 Å². The van der Waals surface area contributed by atoms with E-state index in [0.29, 0.717) is 24.2 Å². The smallest absolute Gasteiger partial charge is 0.263 e. The average Bonchev–Trinajstić information content (AvgIpc) is 3.37. The van der Waals surface area contributed by atoms with Gasteiger partial charge >= 0.3 is 0 Å². The molecule has 1 saturated carbocycles. The Morgan fingerprint density at radius 1 is 1.35 bits per heavy atom. The maximum atomic E-state index is 12.3. The Balaban J connectivity index is 1.33. The molecule has 1 saturated heterocycles. The highest BCUT2D eigenvalue weighted by molar-refractivity contribution is 6.30. The van der Waals surface area contributed by atoms with Gasteiger partial charge in [-0.25, -0.2) is 4.98 Å². The van der Waals surface area contributed by atoms with Crippen LogP contribution in [0.1, 0.15) is 41.4 Å². The molecular weight excluding hydrogens is 352 g/mol. The van der Waals surface area contributed by atoms with Crippen LogP contribution in [0.15, 0.2) is 35.3 Å². The van der Waals surface area contributed by atoms with Gasteiger partial charge in [-0.2, -0.15) is 0 Å². The molecule has 1 aliphatic carbocycles. The fourth-order valence-corrected chi connectivity index (χ4v) is 3.56. The van der Waals surface area contributed by atoms with Crippen LogP contribution in [0.3, 0.4) is 0 Å². The molecule has 1 aromatic carbocycles. The van der Waals surface area contributed by atoms with E-state index in [0.717, 1.165) is 43.1 Å². The molecule has 1 amide bonds. The monoisotopic (exact) mass is 372 g/mol. The third-order valence-corrected chi connectivity index (χ3v) is 5.27. The Bertz CT molecular complexity index is 878. The summed E-state index contributed by atoms with van der Waals surface area (Å²) in [5, 5.41) is 3.60. The van der Waals surface area contributed by atoms with Crippen molar-refractivity contribution in [2.24, 2.45) is 5.92 Å². The number of amides is 1. The number of carbonyl (C=O) groups excluding carboxylic acids is 1. The van der Waals surface area contributed by atoms with Gasteiger partial charge in [0.2, 0.25) is 0 Å². The van der Waals surface area contributed by atoms with Crippen LogP contribution in [0.5, 0.6) is 0 Å². The van der Waals surface area contributed by atoms with Crippen LogP contribution in [-0.2, 0) is 0 Å². The highest BCUT2D eigenvalue weighted by atomic mass is 35.5. The van der Waals surface area contributed by atoms with Crippen molar-refractivity contribution in [3.05, 3.63) is 57.2 Å². The standard InChI is InChI=1S/C19H21ClN4O2/c20-14-2-1-3-15(8-14)24-7-6-12(11-24)9-22-18(25)16-10-21-17(13-4-5-13)23-19(16)26/h1-3,8,10,12-13H,4-7,9,11H2,(H,22,25)(H,21,23,26). The summed E-state index contributed by atoms with van der Waals surface area (Å²) in [5.41, 5.74) is 0.827. The number of hydrogen-bond acceptors (Lipinski definition) is 4. The molecule has 0 bridgehead atoms. The van der Waals surface area contributed by atoms with Crippen molar-refractivity contribution in [2.75, 3.05) is 24.5 Å². The van der Waals surface area contributed by atoms with Crippen LogP contribution in [0, 0.1) is 5.92 Å². The van der Waals surface area contributed by atoms with Crippen molar-refractivity contribution in [1.82, 2.24) is 15.3 Å². The summed E-state index contributed by atoms with van der Waals surface area (Å²) in [4.78, 5) is 33.6. The van der Waals surface area contributed by atoms with Gasteiger partial charge in [-0.3, -0.25) is 9.59 Å². The van der Waals surface area contributed by atoms with Gasteiger partial charge in [-0.05, 0) is 43.4 Å². The molecule has 1 aliphatic heterocycles. The van der Waals surface area contributed by atoms with Crippen molar-refractivity contribution in [3.63, 3.8) is 0 Å². The number of nitrogens with zero attached hydrogens (tertiary/aromatic N) is 2. The first-order valence-corrected chi connectivity index (χ1v) is 9.36. The number of hydrogen-bond donors (Lipinski definition) is 2. The van der Waals surface area contributed by atoms with Gasteiger partial charge in [0.1, 0.15) is 11.4 Å². The topological polar surface area (TPSA) is 78.1 Å². The van der Waals surface area contributed by atoms with Crippen LogP contribution in [0.25, 0.3) is 0 Å². The number of aromatic nitrogens is 2. The summed E-state index contributed by atoms with van der Waals surface area (Å²) >= 11 is 6.06. The SMILES string of the molecule is O=C(NCC1CCN(c2cccc(Cl)c2)C1)c1cnc(C2CC2)[nH]c1=O. The molecule has 1 aromatic heterocycles. The number of H-pyrrole nitrogens is 1. The van der Waals surface area contributed by atoms with Gasteiger partial charge in [0.05, 0.1) is 0 Å². The molecule has 4 rings (SSSR count). The number of rotatable bonds is 5. The summed E-state index contributed by atoms with van der Waals surface area (Å²) in [6.07, 6.45) is 4.50. The minimum absolute atomic E-state index is 0.0825. The molecule has 2 aliphatic rings. The van der Waals surface area contributed by atoms with E-state index in [2.05, 4.69) is 20.2 Å². The van der Waals surface area contributed by atoms with Crippen molar-refractivity contribution in [2.45, 2.75) is 25.2 Å². The Morgan fingerprint density at radius 3 is 2.92 bits per heavy atom. The van der Waals surface area contributed by atoms with E-state index in [1.54, 1.807) is 0 Å². The van der Waals surface area contributed by atoms with Crippen LogP contribution in [-0.4, -0.2) is 35.5 Å². The van der Waals surface area contributed by atoms with Gasteiger partial charge in [-0.1, -0.05) is 17.7 Å². The molecule has 26 heavy (non-hydrogen) atoms. The second-order valence-corrected chi connectivity index (χ2v) is 7.51. The largest absolute Gasteiger partial charge is 0.371 e. The first kappa shape index (κ1) is 17.1. The van der Waals surface area contributed by atoms with Gasteiger partial charge in [0.25, 0.3) is 11.5 Å². The molecule has 2 fully saturated rings. The summed E-state index contributed by atoms with van der Waals surface area (Å²) in [7, 11) is 0. The lowest BCUT2D eigenvalue weighted by Gasteiger charge is -2.19. The molecular formula is C19H21ClN4O2. The number of halogens is 1. The Morgan fingerprint density at radius 2 is 2.19 bits per heavy atom. The molecule has 0 spiro atoms. The summed E-state index contributed by atoms with van der Waals surface area (Å²) in [6, 6.07) is 7.80. The third-order valence-electron chi connectivity index (χ3n) is 5.04. The molecule has 2 heterocycles. The molecule has 1 unspecified atom stereocenters. The van der Waals surface area contributed by atoms with Gasteiger partial charge < -0.3 is 15.2 Å². The Labute approximate surface area is 156 Å². The Hall–Kier alpha value is -2.34. The molecule has 1 atom stereocenters.